The van der Waals surface area contributed by atoms with E-state index in [0.717, 1.165) is 0 Å². The monoisotopic (exact) mass is 220 g/mol. The Bertz CT molecular complexity index is 270. The summed E-state index contributed by atoms with van der Waals surface area (Å²) in [7, 11) is 0. The zero-order valence-electron chi connectivity index (χ0n) is 7.69. The van der Waals surface area contributed by atoms with Crippen molar-refractivity contribution in [3.05, 3.63) is 25.3 Å². The van der Waals surface area contributed by atoms with Crippen LogP contribution in [0.25, 0.3) is 0 Å². The highest BCUT2D eigenvalue weighted by atomic mass is 19.1. The van der Waals surface area contributed by atoms with Gasteiger partial charge in [0.1, 0.15) is 12.3 Å². The van der Waals surface area contributed by atoms with E-state index in [1.807, 2.05) is 0 Å². The predicted octanol–water partition coefficient (Wildman–Crippen LogP) is 1.19. The lowest BCUT2D eigenvalue weighted by molar-refractivity contribution is -0.172. The fraction of sp³-hybridized carbons (Fsp3) is 0.333. The average Bonchev–Trinajstić information content (AvgIpc) is 2.16. The molecule has 0 saturated heterocycles. The molecule has 0 fully saturated rings. The lowest BCUT2D eigenvalue weighted by atomic mass is 9.78. The Hall–Kier alpha value is -1.72. The second kappa shape index (κ2) is 4.68. The quantitative estimate of drug-likeness (QED) is 0.520. The van der Waals surface area contributed by atoms with Crippen LogP contribution in [0.2, 0.25) is 0 Å². The van der Waals surface area contributed by atoms with Crippen LogP contribution >= 0.6 is 0 Å². The summed E-state index contributed by atoms with van der Waals surface area (Å²) in [6.45, 7) is 5.81. The van der Waals surface area contributed by atoms with E-state index in [9.17, 15) is 18.4 Å². The van der Waals surface area contributed by atoms with Crippen molar-refractivity contribution in [2.24, 2.45) is 5.41 Å². The number of allylic oxidation sites excluding steroid dienone is 2. The molecule has 0 rings (SSSR count). The maximum absolute atomic E-state index is 13.2. The van der Waals surface area contributed by atoms with Crippen molar-refractivity contribution in [2.45, 2.75) is 12.3 Å². The van der Waals surface area contributed by atoms with Gasteiger partial charge in [-0.1, -0.05) is 12.2 Å². The topological polar surface area (TPSA) is 74.6 Å². The molecule has 0 aliphatic rings. The Morgan fingerprint density at radius 1 is 1.07 bits per heavy atom. The molecular formula is C9H10F2O4. The fourth-order valence-electron chi connectivity index (χ4n) is 1.09. The zero-order chi connectivity index (χ0) is 12.2. The Kier molecular flexibility index (Phi) is 4.14. The Balaban J connectivity index is 5.67. The molecule has 0 spiro atoms. The van der Waals surface area contributed by atoms with Crippen LogP contribution in [0, 0.1) is 5.41 Å². The number of hydrogen-bond acceptors (Lipinski definition) is 2. The first-order valence-corrected chi connectivity index (χ1v) is 3.85. The molecule has 0 amide bonds. The average molecular weight is 220 g/mol. The van der Waals surface area contributed by atoms with Crippen molar-refractivity contribution < 1.29 is 28.6 Å². The van der Waals surface area contributed by atoms with Gasteiger partial charge in [-0.3, -0.25) is 9.59 Å². The standard InChI is InChI=1S/C9H10F2O4/c1-3-5(10)9(7(12)13,8(14)15)6(11)4-2/h3-6H,1-2H2,(H,12,13)(H,14,15). The highest BCUT2D eigenvalue weighted by Crippen LogP contribution is 2.33. The number of halogens is 2. The minimum atomic E-state index is -3.22. The summed E-state index contributed by atoms with van der Waals surface area (Å²) in [6.07, 6.45) is -4.25. The Morgan fingerprint density at radius 2 is 1.33 bits per heavy atom. The Morgan fingerprint density at radius 3 is 1.47 bits per heavy atom. The van der Waals surface area contributed by atoms with Crippen LogP contribution in [0.1, 0.15) is 0 Å². The van der Waals surface area contributed by atoms with Crippen molar-refractivity contribution in [3.63, 3.8) is 0 Å². The molecule has 4 nitrogen and oxygen atoms in total. The smallest absolute Gasteiger partial charge is 0.327 e. The molecule has 84 valence electrons. The molecule has 0 bridgehead atoms. The van der Waals surface area contributed by atoms with Crippen molar-refractivity contribution in [2.75, 3.05) is 0 Å². The number of alkyl halides is 2. The second-order valence-corrected chi connectivity index (χ2v) is 2.75. The largest absolute Gasteiger partial charge is 0.480 e. The van der Waals surface area contributed by atoms with Gasteiger partial charge in [-0.2, -0.15) is 0 Å². The molecule has 0 aromatic carbocycles. The summed E-state index contributed by atoms with van der Waals surface area (Å²) in [5.74, 6) is -4.23. The van der Waals surface area contributed by atoms with E-state index >= 15 is 0 Å². The van der Waals surface area contributed by atoms with Gasteiger partial charge < -0.3 is 10.2 Å². The van der Waals surface area contributed by atoms with Gasteiger partial charge in [-0.15, -0.1) is 13.2 Å². The molecule has 0 saturated carbocycles. The number of carboxylic acid groups (broad SMARTS) is 2. The van der Waals surface area contributed by atoms with Crippen LogP contribution in [0.4, 0.5) is 8.78 Å². The molecule has 0 aliphatic heterocycles. The third-order valence-corrected chi connectivity index (χ3v) is 1.99. The van der Waals surface area contributed by atoms with Crippen molar-refractivity contribution >= 4 is 11.9 Å². The fourth-order valence-corrected chi connectivity index (χ4v) is 1.09. The lowest BCUT2D eigenvalue weighted by Crippen LogP contribution is -2.52. The summed E-state index contributed by atoms with van der Waals surface area (Å²) in [6, 6.07) is 0. The van der Waals surface area contributed by atoms with Crippen molar-refractivity contribution in [1.29, 1.82) is 0 Å². The molecule has 2 atom stereocenters. The third-order valence-electron chi connectivity index (χ3n) is 1.99. The molecule has 0 radical (unpaired) electrons. The number of carbonyl (C=O) groups is 2. The summed E-state index contributed by atoms with van der Waals surface area (Å²) >= 11 is 0. The van der Waals surface area contributed by atoms with Gasteiger partial charge in [-0.25, -0.2) is 8.78 Å². The number of rotatable bonds is 6. The second-order valence-electron chi connectivity index (χ2n) is 2.75. The van der Waals surface area contributed by atoms with Gasteiger partial charge in [0.05, 0.1) is 0 Å². The molecule has 0 aliphatic carbocycles. The summed E-state index contributed by atoms with van der Waals surface area (Å²) in [5.41, 5.74) is -3.22. The molecule has 2 unspecified atom stereocenters. The first-order valence-electron chi connectivity index (χ1n) is 3.85. The highest BCUT2D eigenvalue weighted by Gasteiger charge is 2.58. The van der Waals surface area contributed by atoms with Crippen molar-refractivity contribution in [3.8, 4) is 0 Å². The van der Waals surface area contributed by atoms with Gasteiger partial charge in [0.25, 0.3) is 0 Å². The zero-order valence-corrected chi connectivity index (χ0v) is 7.69. The molecule has 0 aromatic heterocycles. The van der Waals surface area contributed by atoms with Gasteiger partial charge >= 0.3 is 11.9 Å². The van der Waals surface area contributed by atoms with Gasteiger partial charge in [0.15, 0.2) is 0 Å². The van der Waals surface area contributed by atoms with Crippen LogP contribution in [0.3, 0.4) is 0 Å². The van der Waals surface area contributed by atoms with Crippen LogP contribution in [0.5, 0.6) is 0 Å². The van der Waals surface area contributed by atoms with E-state index in [-0.39, 0.29) is 0 Å². The van der Waals surface area contributed by atoms with Gasteiger partial charge in [0.2, 0.25) is 5.41 Å². The first kappa shape index (κ1) is 13.3. The normalized spacial score (nSPS) is 15.1. The minimum absolute atomic E-state index is 0.429. The van der Waals surface area contributed by atoms with Crippen molar-refractivity contribution in [1.82, 2.24) is 0 Å². The maximum Gasteiger partial charge on any atom is 0.327 e. The minimum Gasteiger partial charge on any atom is -0.480 e. The van der Waals surface area contributed by atoms with Crippen LogP contribution in [-0.4, -0.2) is 34.5 Å². The van der Waals surface area contributed by atoms with E-state index in [4.69, 9.17) is 10.2 Å². The van der Waals surface area contributed by atoms with E-state index in [0.29, 0.717) is 12.2 Å². The maximum atomic E-state index is 13.2. The molecule has 15 heavy (non-hydrogen) atoms. The Labute approximate surface area is 84.5 Å². The molecular weight excluding hydrogens is 210 g/mol. The molecule has 2 N–H and O–H groups in total. The number of carboxylic acids is 2. The highest BCUT2D eigenvalue weighted by molar-refractivity contribution is 6.00. The lowest BCUT2D eigenvalue weighted by Gasteiger charge is -2.27. The van der Waals surface area contributed by atoms with Crippen LogP contribution in [-0.2, 0) is 9.59 Å². The van der Waals surface area contributed by atoms with E-state index < -0.39 is 29.7 Å². The summed E-state index contributed by atoms with van der Waals surface area (Å²) in [4.78, 5) is 21.4. The van der Waals surface area contributed by atoms with E-state index in [1.165, 1.54) is 0 Å². The van der Waals surface area contributed by atoms with E-state index in [1.54, 1.807) is 0 Å². The molecule has 0 aromatic rings. The van der Waals surface area contributed by atoms with E-state index in [2.05, 4.69) is 13.2 Å². The number of aliphatic carboxylic acids is 2. The third kappa shape index (κ3) is 1.88. The SMILES string of the molecule is C=CC(F)C(C(=O)O)(C(=O)O)C(F)C=C. The summed E-state index contributed by atoms with van der Waals surface area (Å²) < 4.78 is 26.4. The summed E-state index contributed by atoms with van der Waals surface area (Å²) in [5, 5.41) is 17.3. The van der Waals surface area contributed by atoms with Gasteiger partial charge in [-0.05, 0) is 0 Å². The molecule has 6 heteroatoms. The first-order chi connectivity index (χ1) is 6.85. The van der Waals surface area contributed by atoms with Gasteiger partial charge in [0, 0.05) is 0 Å². The number of hydrogen-bond donors (Lipinski definition) is 2. The van der Waals surface area contributed by atoms with Crippen LogP contribution in [0.15, 0.2) is 25.3 Å². The predicted molar refractivity (Wildman–Crippen MR) is 47.9 cm³/mol. The molecule has 0 heterocycles. The van der Waals surface area contributed by atoms with Crippen LogP contribution < -0.4 is 0 Å².